The molecule has 0 spiro atoms. The molecule has 3 rings (SSSR count). The molecule has 104 valence electrons. The second-order valence-electron chi connectivity index (χ2n) is 6.41. The fourth-order valence-corrected chi connectivity index (χ4v) is 3.32. The Morgan fingerprint density at radius 3 is 2.79 bits per heavy atom. The molecule has 0 bridgehead atoms. The molecule has 1 aromatic rings. The minimum Gasteiger partial charge on any atom is -0.310 e. The van der Waals surface area contributed by atoms with Crippen molar-refractivity contribution in [2.24, 2.45) is 0 Å². The number of hydrogen-bond donors (Lipinski definition) is 1. The van der Waals surface area contributed by atoms with Gasteiger partial charge in [0.2, 0.25) is 0 Å². The molecule has 2 aliphatic rings. The van der Waals surface area contributed by atoms with E-state index < -0.39 is 0 Å². The van der Waals surface area contributed by atoms with Gasteiger partial charge in [0.1, 0.15) is 0 Å². The first-order valence-electron chi connectivity index (χ1n) is 7.77. The lowest BCUT2D eigenvalue weighted by molar-refractivity contribution is 0.313. The first-order valence-corrected chi connectivity index (χ1v) is 7.77. The van der Waals surface area contributed by atoms with E-state index in [1.165, 1.54) is 43.5 Å². The zero-order valence-electron chi connectivity index (χ0n) is 12.2. The van der Waals surface area contributed by atoms with Gasteiger partial charge in [-0.15, -0.1) is 0 Å². The maximum atomic E-state index is 3.83. The first-order chi connectivity index (χ1) is 9.22. The van der Waals surface area contributed by atoms with Gasteiger partial charge >= 0.3 is 0 Å². The Hall–Kier alpha value is -0.860. The molecule has 1 saturated carbocycles. The molecule has 19 heavy (non-hydrogen) atoms. The third-order valence-corrected chi connectivity index (χ3v) is 4.59. The predicted molar refractivity (Wildman–Crippen MR) is 80.5 cm³/mol. The van der Waals surface area contributed by atoms with Gasteiger partial charge in [-0.25, -0.2) is 0 Å². The maximum absolute atomic E-state index is 3.83. The molecule has 1 aliphatic carbocycles. The molecule has 1 N–H and O–H groups in total. The highest BCUT2D eigenvalue weighted by atomic mass is 15.2. The van der Waals surface area contributed by atoms with Crippen LogP contribution in [0.15, 0.2) is 24.3 Å². The van der Waals surface area contributed by atoms with Gasteiger partial charge in [0.15, 0.2) is 0 Å². The first kappa shape index (κ1) is 13.1. The molecule has 2 atom stereocenters. The molecule has 1 heterocycles. The van der Waals surface area contributed by atoms with Crippen LogP contribution < -0.4 is 5.32 Å². The second kappa shape index (κ2) is 5.64. The van der Waals surface area contributed by atoms with Gasteiger partial charge < -0.3 is 5.32 Å². The molecule has 0 radical (unpaired) electrons. The Morgan fingerprint density at radius 2 is 2.05 bits per heavy atom. The number of nitrogens with one attached hydrogen (secondary N) is 1. The van der Waals surface area contributed by atoms with E-state index in [9.17, 15) is 0 Å². The lowest BCUT2D eigenvalue weighted by Crippen LogP contribution is -2.40. The smallest absolute Gasteiger partial charge is 0.0209 e. The minimum absolute atomic E-state index is 0.574. The van der Waals surface area contributed by atoms with Crippen molar-refractivity contribution in [3.8, 4) is 0 Å². The van der Waals surface area contributed by atoms with Crippen LogP contribution in [0.3, 0.4) is 0 Å². The highest BCUT2D eigenvalue weighted by molar-refractivity contribution is 5.26. The van der Waals surface area contributed by atoms with Crippen LogP contribution in [-0.2, 0) is 6.42 Å². The Morgan fingerprint density at radius 1 is 1.26 bits per heavy atom. The molecule has 2 unspecified atom stereocenters. The van der Waals surface area contributed by atoms with Crippen molar-refractivity contribution in [1.82, 2.24) is 10.2 Å². The van der Waals surface area contributed by atoms with Crippen molar-refractivity contribution in [1.29, 1.82) is 0 Å². The molecule has 0 aromatic heterocycles. The molecule has 2 heteroatoms. The summed E-state index contributed by atoms with van der Waals surface area (Å²) in [5, 5.41) is 3.83. The van der Waals surface area contributed by atoms with Gasteiger partial charge in [-0.2, -0.15) is 0 Å². The molecule has 2 nitrogen and oxygen atoms in total. The summed E-state index contributed by atoms with van der Waals surface area (Å²) in [6.45, 7) is 7.11. The number of likely N-dealkylation sites (tertiary alicyclic amines) is 1. The fraction of sp³-hybridized carbons (Fsp3) is 0.647. The Bertz CT molecular complexity index is 425. The molecule has 0 amide bonds. The average molecular weight is 258 g/mol. The van der Waals surface area contributed by atoms with E-state index in [2.05, 4.69) is 48.3 Å². The standard InChI is InChI=1S/C17H26N2/c1-13-5-3-4-6-15(13)11-14(2)18-16-9-10-19(12-16)17-7-8-17/h3-6,14,16-18H,7-12H2,1-2H3. The lowest BCUT2D eigenvalue weighted by Gasteiger charge is -2.21. The molecular weight excluding hydrogens is 232 g/mol. The Labute approximate surface area is 117 Å². The molecule has 1 aromatic carbocycles. The van der Waals surface area contributed by atoms with Crippen LogP contribution in [0.2, 0.25) is 0 Å². The minimum atomic E-state index is 0.574. The zero-order chi connectivity index (χ0) is 13.2. The van der Waals surface area contributed by atoms with Crippen LogP contribution in [-0.4, -0.2) is 36.1 Å². The summed E-state index contributed by atoms with van der Waals surface area (Å²) in [4.78, 5) is 2.68. The van der Waals surface area contributed by atoms with Crippen molar-refractivity contribution in [3.63, 3.8) is 0 Å². The number of hydrogen-bond acceptors (Lipinski definition) is 2. The van der Waals surface area contributed by atoms with E-state index in [4.69, 9.17) is 0 Å². The van der Waals surface area contributed by atoms with Gasteiger partial charge in [-0.05, 0) is 50.7 Å². The van der Waals surface area contributed by atoms with Crippen LogP contribution in [0.5, 0.6) is 0 Å². The number of rotatable bonds is 5. The summed E-state index contributed by atoms with van der Waals surface area (Å²) in [7, 11) is 0. The van der Waals surface area contributed by atoms with Gasteiger partial charge in [-0.1, -0.05) is 24.3 Å². The largest absolute Gasteiger partial charge is 0.310 e. The third-order valence-electron chi connectivity index (χ3n) is 4.59. The van der Waals surface area contributed by atoms with Crippen LogP contribution in [0.1, 0.15) is 37.3 Å². The third kappa shape index (κ3) is 3.37. The van der Waals surface area contributed by atoms with E-state index >= 15 is 0 Å². The summed E-state index contributed by atoms with van der Waals surface area (Å²) in [5.41, 5.74) is 2.90. The van der Waals surface area contributed by atoms with Crippen LogP contribution in [0.25, 0.3) is 0 Å². The van der Waals surface area contributed by atoms with Gasteiger partial charge in [0, 0.05) is 31.2 Å². The van der Waals surface area contributed by atoms with Crippen molar-refractivity contribution in [2.75, 3.05) is 13.1 Å². The quantitative estimate of drug-likeness (QED) is 0.873. The van der Waals surface area contributed by atoms with Gasteiger partial charge in [0.05, 0.1) is 0 Å². The van der Waals surface area contributed by atoms with Crippen molar-refractivity contribution in [2.45, 2.75) is 57.7 Å². The molecule has 1 aliphatic heterocycles. The highest BCUT2D eigenvalue weighted by Gasteiger charge is 2.34. The lowest BCUT2D eigenvalue weighted by atomic mass is 10.0. The average Bonchev–Trinajstić information content (AvgIpc) is 3.14. The second-order valence-corrected chi connectivity index (χ2v) is 6.41. The summed E-state index contributed by atoms with van der Waals surface area (Å²) < 4.78 is 0. The Balaban J connectivity index is 1.49. The summed E-state index contributed by atoms with van der Waals surface area (Å²) >= 11 is 0. The number of aryl methyl sites for hydroxylation is 1. The van der Waals surface area contributed by atoms with Crippen LogP contribution in [0, 0.1) is 6.92 Å². The summed E-state index contributed by atoms with van der Waals surface area (Å²) in [5.74, 6) is 0. The van der Waals surface area contributed by atoms with Crippen molar-refractivity contribution < 1.29 is 0 Å². The molecule has 1 saturated heterocycles. The van der Waals surface area contributed by atoms with Gasteiger partial charge in [0.25, 0.3) is 0 Å². The fourth-order valence-electron chi connectivity index (χ4n) is 3.32. The number of nitrogens with zero attached hydrogens (tertiary/aromatic N) is 1. The van der Waals surface area contributed by atoms with Crippen molar-refractivity contribution >= 4 is 0 Å². The predicted octanol–water partition coefficient (Wildman–Crippen LogP) is 2.75. The number of benzene rings is 1. The maximum Gasteiger partial charge on any atom is 0.0209 e. The summed E-state index contributed by atoms with van der Waals surface area (Å²) in [6.07, 6.45) is 5.35. The van der Waals surface area contributed by atoms with Crippen LogP contribution >= 0.6 is 0 Å². The zero-order valence-corrected chi connectivity index (χ0v) is 12.2. The van der Waals surface area contributed by atoms with E-state index in [1.807, 2.05) is 0 Å². The Kier molecular flexibility index (Phi) is 3.90. The van der Waals surface area contributed by atoms with E-state index in [-0.39, 0.29) is 0 Å². The van der Waals surface area contributed by atoms with E-state index in [0.29, 0.717) is 12.1 Å². The monoisotopic (exact) mass is 258 g/mol. The van der Waals surface area contributed by atoms with Crippen molar-refractivity contribution in [3.05, 3.63) is 35.4 Å². The SMILES string of the molecule is Cc1ccccc1CC(C)NC1CCN(C2CC2)C1. The molecular formula is C17H26N2. The highest BCUT2D eigenvalue weighted by Crippen LogP contribution is 2.29. The molecule has 2 fully saturated rings. The topological polar surface area (TPSA) is 15.3 Å². The van der Waals surface area contributed by atoms with Crippen LogP contribution in [0.4, 0.5) is 0 Å². The van der Waals surface area contributed by atoms with Gasteiger partial charge in [-0.3, -0.25) is 4.90 Å². The summed E-state index contributed by atoms with van der Waals surface area (Å²) in [6, 6.07) is 11.0. The normalized spacial score (nSPS) is 25.7. The van der Waals surface area contributed by atoms with E-state index in [1.54, 1.807) is 0 Å². The van der Waals surface area contributed by atoms with E-state index in [0.717, 1.165) is 12.5 Å².